The van der Waals surface area contributed by atoms with Gasteiger partial charge < -0.3 is 36.4 Å². The third-order valence-electron chi connectivity index (χ3n) is 5.85. The van der Waals surface area contributed by atoms with Gasteiger partial charge in [0.05, 0.1) is 12.7 Å². The zero-order valence-corrected chi connectivity index (χ0v) is 20.5. The minimum Gasteiger partial charge on any atom is -0.508 e. The van der Waals surface area contributed by atoms with Gasteiger partial charge >= 0.3 is 6.03 Å². The molecule has 0 aliphatic heterocycles. The summed E-state index contributed by atoms with van der Waals surface area (Å²) in [5, 5.41) is 34.9. The molecule has 0 bridgehead atoms. The fourth-order valence-corrected chi connectivity index (χ4v) is 3.82. The Bertz CT molecular complexity index is 878. The molecule has 2 aromatic rings. The number of carbonyl (C=O) groups is 1. The van der Waals surface area contributed by atoms with E-state index >= 15 is 0 Å². The number of nitrogens with one attached hydrogen (secondary N) is 2. The number of urea groups is 1. The summed E-state index contributed by atoms with van der Waals surface area (Å²) in [4.78, 5) is 10.8. The average Bonchev–Trinajstić information content (AvgIpc) is 2.86. The molecular weight excluding hydrogens is 446 g/mol. The van der Waals surface area contributed by atoms with Crippen LogP contribution in [0.3, 0.4) is 0 Å². The predicted octanol–water partition coefficient (Wildman–Crippen LogP) is 3.28. The van der Waals surface area contributed by atoms with E-state index < -0.39 is 12.1 Å². The third kappa shape index (κ3) is 12.0. The number of amides is 2. The quantitative estimate of drug-likeness (QED) is 0.179. The topological polar surface area (TPSA) is 137 Å². The van der Waals surface area contributed by atoms with Crippen LogP contribution in [0.2, 0.25) is 0 Å². The van der Waals surface area contributed by atoms with Gasteiger partial charge in [-0.25, -0.2) is 4.79 Å². The summed E-state index contributed by atoms with van der Waals surface area (Å²) in [5.74, 6) is 0.0406. The van der Waals surface area contributed by atoms with Crippen LogP contribution in [0.15, 0.2) is 42.5 Å². The molecule has 0 radical (unpaired) electrons. The van der Waals surface area contributed by atoms with Gasteiger partial charge in [0, 0.05) is 31.9 Å². The van der Waals surface area contributed by atoms with Crippen LogP contribution in [-0.2, 0) is 24.3 Å². The van der Waals surface area contributed by atoms with Crippen LogP contribution in [0.5, 0.6) is 5.75 Å². The Morgan fingerprint density at radius 2 is 1.71 bits per heavy atom. The maximum absolute atomic E-state index is 10.8. The normalized spacial score (nSPS) is 11.9. The lowest BCUT2D eigenvalue weighted by Crippen LogP contribution is -2.28. The highest BCUT2D eigenvalue weighted by atomic mass is 16.5. The predicted molar refractivity (Wildman–Crippen MR) is 137 cm³/mol. The number of benzene rings is 2. The molecule has 0 fully saturated rings. The van der Waals surface area contributed by atoms with Crippen LogP contribution in [0.4, 0.5) is 4.79 Å². The number of primary amides is 1. The zero-order valence-electron chi connectivity index (χ0n) is 20.5. The van der Waals surface area contributed by atoms with Crippen molar-refractivity contribution in [2.24, 2.45) is 5.73 Å². The molecule has 0 saturated carbocycles. The van der Waals surface area contributed by atoms with Crippen molar-refractivity contribution in [3.63, 3.8) is 0 Å². The number of carbonyl (C=O) groups excluding carboxylic acids is 1. The van der Waals surface area contributed by atoms with E-state index in [9.17, 15) is 20.1 Å². The highest BCUT2D eigenvalue weighted by Gasteiger charge is 2.09. The second-order valence-corrected chi connectivity index (χ2v) is 8.79. The van der Waals surface area contributed by atoms with E-state index in [1.54, 1.807) is 12.1 Å². The fourth-order valence-electron chi connectivity index (χ4n) is 3.82. The Balaban J connectivity index is 1.41. The number of rotatable bonds is 18. The molecule has 0 aromatic heterocycles. The number of aliphatic hydroxyl groups is 2. The standard InChI is InChI=1S/C27H41N3O5/c28-27(34)30-18-22-10-7-9-21(16-22)8-3-6-15-35-14-5-2-1-4-13-29-19-26(33)23-11-12-25(32)24(17-23)20-31/h7,9-12,16-17,26,29,31-33H,1-6,8,13-15,18-20H2,(H3,28,30,34)/t26-/m0/s1. The first-order valence-electron chi connectivity index (χ1n) is 12.5. The van der Waals surface area contributed by atoms with Crippen LogP contribution in [0, 0.1) is 0 Å². The van der Waals surface area contributed by atoms with Crippen LogP contribution >= 0.6 is 0 Å². The zero-order chi connectivity index (χ0) is 25.3. The number of ether oxygens (including phenoxy) is 1. The van der Waals surface area contributed by atoms with Gasteiger partial charge in [-0.15, -0.1) is 0 Å². The number of unbranched alkanes of at least 4 members (excludes halogenated alkanes) is 4. The third-order valence-corrected chi connectivity index (χ3v) is 5.85. The fraction of sp³-hybridized carbons (Fsp3) is 0.519. The van der Waals surface area contributed by atoms with Gasteiger partial charge in [0.1, 0.15) is 5.75 Å². The minimum absolute atomic E-state index is 0.0406. The Kier molecular flexibility index (Phi) is 13.8. The average molecular weight is 488 g/mol. The first kappa shape index (κ1) is 28.6. The van der Waals surface area contributed by atoms with Crippen LogP contribution in [0.25, 0.3) is 0 Å². The number of nitrogens with two attached hydrogens (primary N) is 1. The van der Waals surface area contributed by atoms with Crippen molar-refractivity contribution in [1.29, 1.82) is 0 Å². The highest BCUT2D eigenvalue weighted by Crippen LogP contribution is 2.22. The number of phenols is 1. The molecule has 35 heavy (non-hydrogen) atoms. The maximum Gasteiger partial charge on any atom is 0.312 e. The van der Waals surface area contributed by atoms with Gasteiger partial charge in [-0.2, -0.15) is 0 Å². The molecule has 0 spiro atoms. The second-order valence-electron chi connectivity index (χ2n) is 8.79. The molecule has 7 N–H and O–H groups in total. The molecule has 2 rings (SSSR count). The van der Waals surface area contributed by atoms with Crippen molar-refractivity contribution in [2.45, 2.75) is 64.2 Å². The lowest BCUT2D eigenvalue weighted by Gasteiger charge is -2.14. The van der Waals surface area contributed by atoms with Gasteiger partial charge in [-0.05, 0) is 67.5 Å². The summed E-state index contributed by atoms with van der Waals surface area (Å²) < 4.78 is 5.75. The van der Waals surface area contributed by atoms with E-state index in [4.69, 9.17) is 10.5 Å². The lowest BCUT2D eigenvalue weighted by molar-refractivity contribution is 0.126. The van der Waals surface area contributed by atoms with Crippen molar-refractivity contribution in [3.8, 4) is 5.75 Å². The molecule has 194 valence electrons. The van der Waals surface area contributed by atoms with Gasteiger partial charge in [0.15, 0.2) is 0 Å². The van der Waals surface area contributed by atoms with E-state index in [0.29, 0.717) is 24.2 Å². The molecule has 0 unspecified atom stereocenters. The summed E-state index contributed by atoms with van der Waals surface area (Å²) in [6.45, 7) is 3.04. The molecule has 1 atom stereocenters. The van der Waals surface area contributed by atoms with E-state index in [1.807, 2.05) is 12.1 Å². The SMILES string of the molecule is NC(=O)NCc1cccc(CCCCOCCCCCCNC[C@H](O)c2ccc(O)c(CO)c2)c1. The van der Waals surface area contributed by atoms with Crippen molar-refractivity contribution >= 4 is 6.03 Å². The summed E-state index contributed by atoms with van der Waals surface area (Å²) in [7, 11) is 0. The van der Waals surface area contributed by atoms with E-state index in [-0.39, 0.29) is 12.4 Å². The van der Waals surface area contributed by atoms with Crippen molar-refractivity contribution in [1.82, 2.24) is 10.6 Å². The molecule has 0 saturated heterocycles. The summed E-state index contributed by atoms with van der Waals surface area (Å²) in [5.41, 5.74) is 8.53. The summed E-state index contributed by atoms with van der Waals surface area (Å²) >= 11 is 0. The molecule has 8 heteroatoms. The minimum atomic E-state index is -0.669. The van der Waals surface area contributed by atoms with Gasteiger partial charge in [-0.3, -0.25) is 0 Å². The van der Waals surface area contributed by atoms with Gasteiger partial charge in [0.2, 0.25) is 0 Å². The Morgan fingerprint density at radius 3 is 2.49 bits per heavy atom. The number of aryl methyl sites for hydroxylation is 1. The van der Waals surface area contributed by atoms with Gasteiger partial charge in [-0.1, -0.05) is 43.2 Å². The van der Waals surface area contributed by atoms with Crippen LogP contribution < -0.4 is 16.4 Å². The van der Waals surface area contributed by atoms with Crippen molar-refractivity contribution in [3.05, 3.63) is 64.7 Å². The van der Waals surface area contributed by atoms with Crippen molar-refractivity contribution < 1.29 is 24.9 Å². The Hall–Kier alpha value is -2.65. The maximum atomic E-state index is 10.8. The van der Waals surface area contributed by atoms with Gasteiger partial charge in [0.25, 0.3) is 0 Å². The molecule has 8 nitrogen and oxygen atoms in total. The monoisotopic (exact) mass is 487 g/mol. The van der Waals surface area contributed by atoms with Crippen molar-refractivity contribution in [2.75, 3.05) is 26.3 Å². The summed E-state index contributed by atoms with van der Waals surface area (Å²) in [6.07, 6.45) is 6.73. The number of hydrogen-bond donors (Lipinski definition) is 6. The second kappa shape index (κ2) is 16.9. The number of aliphatic hydroxyl groups excluding tert-OH is 2. The molecule has 2 aromatic carbocycles. The lowest BCUT2D eigenvalue weighted by atomic mass is 10.1. The Labute approximate surface area is 208 Å². The molecule has 0 aliphatic rings. The van der Waals surface area contributed by atoms with Crippen LogP contribution in [0.1, 0.15) is 66.9 Å². The number of hydrogen-bond acceptors (Lipinski definition) is 6. The van der Waals surface area contributed by atoms with E-state index in [0.717, 1.165) is 70.3 Å². The van der Waals surface area contributed by atoms with E-state index in [1.165, 1.54) is 11.6 Å². The van der Waals surface area contributed by atoms with E-state index in [2.05, 4.69) is 22.8 Å². The Morgan fingerprint density at radius 1 is 0.971 bits per heavy atom. The van der Waals surface area contributed by atoms with Crippen LogP contribution in [-0.4, -0.2) is 47.7 Å². The molecule has 2 amide bonds. The summed E-state index contributed by atoms with van der Waals surface area (Å²) in [6, 6.07) is 12.5. The highest BCUT2D eigenvalue weighted by molar-refractivity contribution is 5.71. The molecule has 0 aliphatic carbocycles. The molecule has 0 heterocycles. The largest absolute Gasteiger partial charge is 0.508 e. The first-order valence-corrected chi connectivity index (χ1v) is 12.5. The first-order chi connectivity index (χ1) is 17.0. The molecular formula is C27H41N3O5. The smallest absolute Gasteiger partial charge is 0.312 e. The number of aromatic hydroxyl groups is 1.